The van der Waals surface area contributed by atoms with Crippen LogP contribution in [0.15, 0.2) is 48.5 Å². The van der Waals surface area contributed by atoms with E-state index in [9.17, 15) is 9.59 Å². The van der Waals surface area contributed by atoms with E-state index in [0.29, 0.717) is 54.9 Å². The molecule has 0 radical (unpaired) electrons. The van der Waals surface area contributed by atoms with Gasteiger partial charge >= 0.3 is 0 Å². The first kappa shape index (κ1) is 22.7. The molecular weight excluding hydrogens is 416 g/mol. The number of nitrogens with zero attached hydrogens (tertiary/aromatic N) is 2. The Bertz CT molecular complexity index is 938. The Hall–Kier alpha value is -2.99. The number of carbonyl (C=O) groups excluding carboxylic acids is 2. The summed E-state index contributed by atoms with van der Waals surface area (Å²) in [6.45, 7) is 4.57. The summed E-state index contributed by atoms with van der Waals surface area (Å²) in [6, 6.07) is 12.7. The summed E-state index contributed by atoms with van der Waals surface area (Å²) in [5.74, 6) is 0.929. The van der Waals surface area contributed by atoms with Crippen LogP contribution in [0.2, 0.25) is 5.02 Å². The number of rotatable bonds is 7. The normalized spacial score (nSPS) is 14.0. The van der Waals surface area contributed by atoms with Gasteiger partial charge in [0.15, 0.2) is 11.5 Å². The van der Waals surface area contributed by atoms with Gasteiger partial charge in [0.25, 0.3) is 5.91 Å². The Labute approximate surface area is 188 Å². The van der Waals surface area contributed by atoms with Crippen molar-refractivity contribution in [3.8, 4) is 11.5 Å². The molecule has 1 fully saturated rings. The van der Waals surface area contributed by atoms with E-state index < -0.39 is 0 Å². The zero-order valence-electron chi connectivity index (χ0n) is 17.8. The van der Waals surface area contributed by atoms with Crippen LogP contribution < -0.4 is 9.47 Å². The zero-order chi connectivity index (χ0) is 22.2. The molecule has 0 bridgehead atoms. The van der Waals surface area contributed by atoms with Crippen molar-refractivity contribution in [3.63, 3.8) is 0 Å². The fraction of sp³-hybridized carbons (Fsp3) is 0.333. The molecule has 164 valence electrons. The average molecular weight is 443 g/mol. The van der Waals surface area contributed by atoms with E-state index in [1.54, 1.807) is 47.3 Å². The molecule has 2 amide bonds. The average Bonchev–Trinajstić information content (AvgIpc) is 2.81. The van der Waals surface area contributed by atoms with Crippen LogP contribution in [0.1, 0.15) is 29.3 Å². The topological polar surface area (TPSA) is 59.1 Å². The first-order valence-corrected chi connectivity index (χ1v) is 10.7. The van der Waals surface area contributed by atoms with E-state index in [4.69, 9.17) is 21.1 Å². The van der Waals surface area contributed by atoms with Crippen molar-refractivity contribution in [2.45, 2.75) is 13.3 Å². The van der Waals surface area contributed by atoms with Crippen LogP contribution in [-0.2, 0) is 4.79 Å². The van der Waals surface area contributed by atoms with Crippen molar-refractivity contribution >= 4 is 29.5 Å². The van der Waals surface area contributed by atoms with Gasteiger partial charge in [0.05, 0.1) is 18.7 Å². The largest absolute Gasteiger partial charge is 0.493 e. The molecule has 1 heterocycles. The maximum absolute atomic E-state index is 12.6. The van der Waals surface area contributed by atoms with Crippen molar-refractivity contribution in [1.82, 2.24) is 9.80 Å². The number of piperazine rings is 1. The molecule has 0 saturated carbocycles. The smallest absolute Gasteiger partial charge is 0.253 e. The van der Waals surface area contributed by atoms with Gasteiger partial charge < -0.3 is 19.3 Å². The Morgan fingerprint density at radius 3 is 2.39 bits per heavy atom. The minimum absolute atomic E-state index is 0.00430. The Balaban J connectivity index is 1.59. The molecule has 2 aromatic carbocycles. The lowest BCUT2D eigenvalue weighted by Gasteiger charge is -2.34. The quantitative estimate of drug-likeness (QED) is 0.605. The fourth-order valence-corrected chi connectivity index (χ4v) is 3.62. The maximum atomic E-state index is 12.6. The predicted octanol–water partition coefficient (Wildman–Crippen LogP) is 4.14. The van der Waals surface area contributed by atoms with Gasteiger partial charge in [-0.15, -0.1) is 0 Å². The minimum Gasteiger partial charge on any atom is -0.493 e. The molecular formula is C24H27ClN2O4. The standard InChI is InChI=1S/C24H27ClN2O4/c1-3-15-31-23-20(25)16-18(17-21(23)30-2)9-10-22(28)26-11-13-27(14-12-26)24(29)19-7-5-4-6-8-19/h4-10,16-17H,3,11-15H2,1-2H3/b10-9+. The molecule has 1 aliphatic heterocycles. The molecule has 2 aromatic rings. The molecule has 31 heavy (non-hydrogen) atoms. The van der Waals surface area contributed by atoms with Crippen LogP contribution in [0.4, 0.5) is 0 Å². The third-order valence-electron chi connectivity index (χ3n) is 5.02. The van der Waals surface area contributed by atoms with Crippen molar-refractivity contribution < 1.29 is 19.1 Å². The van der Waals surface area contributed by atoms with Crippen LogP contribution in [0.5, 0.6) is 11.5 Å². The molecule has 0 N–H and O–H groups in total. The second-order valence-corrected chi connectivity index (χ2v) is 7.61. The van der Waals surface area contributed by atoms with Gasteiger partial charge in [-0.2, -0.15) is 0 Å². The number of carbonyl (C=O) groups is 2. The first-order chi connectivity index (χ1) is 15.0. The molecule has 3 rings (SSSR count). The highest BCUT2D eigenvalue weighted by Gasteiger charge is 2.23. The lowest BCUT2D eigenvalue weighted by molar-refractivity contribution is -0.127. The van der Waals surface area contributed by atoms with Gasteiger partial charge in [-0.25, -0.2) is 0 Å². The third kappa shape index (κ3) is 5.79. The zero-order valence-corrected chi connectivity index (χ0v) is 18.6. The van der Waals surface area contributed by atoms with E-state index in [-0.39, 0.29) is 11.8 Å². The Kier molecular flexibility index (Phi) is 7.95. The SMILES string of the molecule is CCCOc1c(Cl)cc(/C=C/C(=O)N2CCN(C(=O)c3ccccc3)CC2)cc1OC. The highest BCUT2D eigenvalue weighted by molar-refractivity contribution is 6.32. The van der Waals surface area contributed by atoms with Gasteiger partial charge in [-0.3, -0.25) is 9.59 Å². The van der Waals surface area contributed by atoms with Crippen LogP contribution in [0.3, 0.4) is 0 Å². The predicted molar refractivity (Wildman–Crippen MR) is 122 cm³/mol. The van der Waals surface area contributed by atoms with Crippen LogP contribution in [0.25, 0.3) is 6.08 Å². The molecule has 7 heteroatoms. The van der Waals surface area contributed by atoms with Crippen LogP contribution >= 0.6 is 11.6 Å². The van der Waals surface area contributed by atoms with Gasteiger partial charge in [-0.05, 0) is 42.3 Å². The maximum Gasteiger partial charge on any atom is 0.253 e. The summed E-state index contributed by atoms with van der Waals surface area (Å²) < 4.78 is 11.0. The fourth-order valence-electron chi connectivity index (χ4n) is 3.35. The molecule has 6 nitrogen and oxygen atoms in total. The van der Waals surface area contributed by atoms with Gasteiger partial charge in [0.2, 0.25) is 5.91 Å². The number of hydrogen-bond acceptors (Lipinski definition) is 4. The van der Waals surface area contributed by atoms with Gasteiger partial charge in [-0.1, -0.05) is 36.7 Å². The number of halogens is 1. The molecule has 0 aromatic heterocycles. The summed E-state index contributed by atoms with van der Waals surface area (Å²) in [7, 11) is 1.55. The molecule has 0 atom stereocenters. The summed E-state index contributed by atoms with van der Waals surface area (Å²) in [4.78, 5) is 28.7. The molecule has 0 unspecified atom stereocenters. The highest BCUT2D eigenvalue weighted by atomic mass is 35.5. The lowest BCUT2D eigenvalue weighted by Crippen LogP contribution is -2.50. The monoisotopic (exact) mass is 442 g/mol. The van der Waals surface area contributed by atoms with Crippen molar-refractivity contribution in [3.05, 3.63) is 64.7 Å². The number of hydrogen-bond donors (Lipinski definition) is 0. The van der Waals surface area contributed by atoms with E-state index in [0.717, 1.165) is 12.0 Å². The molecule has 1 aliphatic rings. The number of methoxy groups -OCH3 is 1. The van der Waals surface area contributed by atoms with Crippen LogP contribution in [-0.4, -0.2) is 61.5 Å². The van der Waals surface area contributed by atoms with Crippen molar-refractivity contribution in [2.24, 2.45) is 0 Å². The minimum atomic E-state index is -0.104. The van der Waals surface area contributed by atoms with E-state index in [1.807, 2.05) is 25.1 Å². The number of benzene rings is 2. The lowest BCUT2D eigenvalue weighted by atomic mass is 10.1. The van der Waals surface area contributed by atoms with Gasteiger partial charge in [0.1, 0.15) is 0 Å². The van der Waals surface area contributed by atoms with Crippen molar-refractivity contribution in [2.75, 3.05) is 39.9 Å². The highest BCUT2D eigenvalue weighted by Crippen LogP contribution is 2.36. The molecule has 0 spiro atoms. The summed E-state index contributed by atoms with van der Waals surface area (Å²) >= 11 is 6.34. The Morgan fingerprint density at radius 1 is 1.06 bits per heavy atom. The number of amides is 2. The summed E-state index contributed by atoms with van der Waals surface area (Å²) in [6.07, 6.45) is 4.09. The number of ether oxygens (including phenoxy) is 2. The Morgan fingerprint density at radius 2 is 1.74 bits per heavy atom. The van der Waals surface area contributed by atoms with Gasteiger partial charge in [0, 0.05) is 37.8 Å². The van der Waals surface area contributed by atoms with E-state index >= 15 is 0 Å². The first-order valence-electron chi connectivity index (χ1n) is 10.3. The summed E-state index contributed by atoms with van der Waals surface area (Å²) in [5.41, 5.74) is 1.41. The molecule has 1 saturated heterocycles. The van der Waals surface area contributed by atoms with E-state index in [1.165, 1.54) is 6.08 Å². The molecule has 0 aliphatic carbocycles. The van der Waals surface area contributed by atoms with E-state index in [2.05, 4.69) is 0 Å². The van der Waals surface area contributed by atoms with Crippen molar-refractivity contribution in [1.29, 1.82) is 0 Å². The van der Waals surface area contributed by atoms with Crippen LogP contribution in [0, 0.1) is 0 Å². The third-order valence-corrected chi connectivity index (χ3v) is 5.30. The second kappa shape index (κ2) is 10.9. The second-order valence-electron chi connectivity index (χ2n) is 7.20. The summed E-state index contributed by atoms with van der Waals surface area (Å²) in [5, 5.41) is 0.438.